The summed E-state index contributed by atoms with van der Waals surface area (Å²) in [6.45, 7) is 2.32. The van der Waals surface area contributed by atoms with Gasteiger partial charge in [0, 0.05) is 12.7 Å². The van der Waals surface area contributed by atoms with E-state index in [9.17, 15) is 8.42 Å². The Morgan fingerprint density at radius 2 is 2.05 bits per heavy atom. The molecule has 21 heavy (non-hydrogen) atoms. The summed E-state index contributed by atoms with van der Waals surface area (Å²) < 4.78 is 26.6. The van der Waals surface area contributed by atoms with Crippen molar-refractivity contribution in [2.75, 3.05) is 12.3 Å². The lowest BCUT2D eigenvalue weighted by Crippen LogP contribution is -2.30. The number of benzene rings is 1. The van der Waals surface area contributed by atoms with Gasteiger partial charge in [0.25, 0.3) is 0 Å². The van der Waals surface area contributed by atoms with Crippen molar-refractivity contribution < 1.29 is 8.42 Å². The van der Waals surface area contributed by atoms with Gasteiger partial charge in [-0.2, -0.15) is 4.31 Å². The number of hydrogen-bond donors (Lipinski definition) is 1. The maximum atomic E-state index is 12.6. The van der Waals surface area contributed by atoms with E-state index in [1.54, 1.807) is 25.3 Å². The van der Waals surface area contributed by atoms with Crippen molar-refractivity contribution >= 4 is 27.3 Å². The average molecular weight is 326 g/mol. The zero-order chi connectivity index (χ0) is 15.5. The van der Waals surface area contributed by atoms with E-state index in [2.05, 4.69) is 4.98 Å². The number of pyridine rings is 1. The number of halogens is 1. The summed E-state index contributed by atoms with van der Waals surface area (Å²) in [5.74, 6) is 0. The Morgan fingerprint density at radius 1 is 1.29 bits per heavy atom. The molecule has 0 saturated heterocycles. The van der Waals surface area contributed by atoms with Crippen molar-refractivity contribution in [2.24, 2.45) is 0 Å². The molecule has 0 aliphatic rings. The Morgan fingerprint density at radius 3 is 2.62 bits per heavy atom. The Labute approximate surface area is 129 Å². The predicted molar refractivity (Wildman–Crippen MR) is 83.4 cm³/mol. The fourth-order valence-corrected chi connectivity index (χ4v) is 3.55. The topological polar surface area (TPSA) is 76.3 Å². The van der Waals surface area contributed by atoms with Crippen molar-refractivity contribution in [3.05, 3.63) is 53.3 Å². The third kappa shape index (κ3) is 3.53. The second-order valence-corrected chi connectivity index (χ2v) is 6.78. The van der Waals surface area contributed by atoms with E-state index in [-0.39, 0.29) is 16.5 Å². The fraction of sp³-hybridized carbons (Fsp3) is 0.214. The van der Waals surface area contributed by atoms with E-state index in [1.165, 1.54) is 22.5 Å². The number of aromatic nitrogens is 1. The van der Waals surface area contributed by atoms with Gasteiger partial charge in [-0.05, 0) is 30.3 Å². The van der Waals surface area contributed by atoms with E-state index in [4.69, 9.17) is 17.3 Å². The molecule has 1 aromatic heterocycles. The van der Waals surface area contributed by atoms with E-state index in [0.717, 1.165) is 0 Å². The number of rotatable bonds is 5. The monoisotopic (exact) mass is 325 g/mol. The van der Waals surface area contributed by atoms with E-state index in [1.807, 2.05) is 6.07 Å². The van der Waals surface area contributed by atoms with Gasteiger partial charge in [-0.25, -0.2) is 8.42 Å². The van der Waals surface area contributed by atoms with Crippen LogP contribution >= 0.6 is 11.6 Å². The second-order valence-electron chi connectivity index (χ2n) is 4.44. The molecule has 0 spiro atoms. The van der Waals surface area contributed by atoms with Gasteiger partial charge in [0.15, 0.2) is 0 Å². The standard InChI is InChI=1S/C14H16ClN3O2S/c1-2-18(10-11-5-3-4-8-17-11)21(19,20)12-6-7-14(16)13(15)9-12/h3-9H,2,10,16H2,1H3. The van der Waals surface area contributed by atoms with Crippen LogP contribution in [0.4, 0.5) is 5.69 Å². The highest BCUT2D eigenvalue weighted by Gasteiger charge is 2.24. The molecule has 112 valence electrons. The van der Waals surface area contributed by atoms with E-state index >= 15 is 0 Å². The Kier molecular flexibility index (Phi) is 4.82. The summed E-state index contributed by atoms with van der Waals surface area (Å²) in [5.41, 5.74) is 6.65. The molecule has 0 radical (unpaired) electrons. The number of nitrogens with zero attached hydrogens (tertiary/aromatic N) is 2. The number of hydrogen-bond acceptors (Lipinski definition) is 4. The number of sulfonamides is 1. The van der Waals surface area contributed by atoms with E-state index < -0.39 is 10.0 Å². The summed E-state index contributed by atoms with van der Waals surface area (Å²) in [5, 5.41) is 0.227. The quantitative estimate of drug-likeness (QED) is 0.857. The molecule has 1 heterocycles. The lowest BCUT2D eigenvalue weighted by molar-refractivity contribution is 0.419. The molecule has 0 saturated carbocycles. The minimum atomic E-state index is -3.64. The van der Waals surface area contributed by atoms with Crippen LogP contribution in [0.15, 0.2) is 47.5 Å². The third-order valence-corrected chi connectivity index (χ3v) is 5.27. The first-order valence-corrected chi connectivity index (χ1v) is 8.22. The molecule has 2 N–H and O–H groups in total. The average Bonchev–Trinajstić information content (AvgIpc) is 2.48. The molecule has 2 aromatic rings. The van der Waals surface area contributed by atoms with Crippen LogP contribution in [0.1, 0.15) is 12.6 Å². The van der Waals surface area contributed by atoms with Crippen molar-refractivity contribution in [2.45, 2.75) is 18.4 Å². The van der Waals surface area contributed by atoms with Gasteiger partial charge in [-0.1, -0.05) is 24.6 Å². The number of anilines is 1. The van der Waals surface area contributed by atoms with Crippen LogP contribution in [-0.2, 0) is 16.6 Å². The molecule has 0 unspecified atom stereocenters. The van der Waals surface area contributed by atoms with Crippen LogP contribution in [0.3, 0.4) is 0 Å². The first-order chi connectivity index (χ1) is 9.95. The Balaban J connectivity index is 2.33. The summed E-state index contributed by atoms with van der Waals surface area (Å²) >= 11 is 5.91. The zero-order valence-electron chi connectivity index (χ0n) is 11.5. The lowest BCUT2D eigenvalue weighted by Gasteiger charge is -2.20. The Bertz CT molecular complexity index is 720. The maximum Gasteiger partial charge on any atom is 0.243 e. The van der Waals surface area contributed by atoms with Crippen LogP contribution in [0, 0.1) is 0 Å². The molecular formula is C14H16ClN3O2S. The molecule has 7 heteroatoms. The number of nitrogen functional groups attached to an aromatic ring is 1. The second kappa shape index (κ2) is 6.43. The van der Waals surface area contributed by atoms with Crippen molar-refractivity contribution in [3.8, 4) is 0 Å². The van der Waals surface area contributed by atoms with Crippen molar-refractivity contribution in [3.63, 3.8) is 0 Å². The minimum Gasteiger partial charge on any atom is -0.398 e. The molecular weight excluding hydrogens is 310 g/mol. The third-order valence-electron chi connectivity index (χ3n) is 3.03. The predicted octanol–water partition coefficient (Wildman–Crippen LogP) is 2.53. The van der Waals surface area contributed by atoms with Crippen LogP contribution < -0.4 is 5.73 Å². The zero-order valence-corrected chi connectivity index (χ0v) is 13.1. The summed E-state index contributed by atoms with van der Waals surface area (Å²) in [7, 11) is -3.64. The van der Waals surface area contributed by atoms with E-state index in [0.29, 0.717) is 17.9 Å². The molecule has 2 rings (SSSR count). The van der Waals surface area contributed by atoms with Crippen LogP contribution in [0.2, 0.25) is 5.02 Å². The first kappa shape index (κ1) is 15.8. The van der Waals surface area contributed by atoms with Crippen LogP contribution in [-0.4, -0.2) is 24.3 Å². The minimum absolute atomic E-state index is 0.125. The maximum absolute atomic E-state index is 12.6. The van der Waals surface area contributed by atoms with Gasteiger partial charge in [-0.3, -0.25) is 4.98 Å². The fourth-order valence-electron chi connectivity index (χ4n) is 1.86. The van der Waals surface area contributed by atoms with Gasteiger partial charge >= 0.3 is 0 Å². The Hall–Kier alpha value is -1.63. The summed E-state index contributed by atoms with van der Waals surface area (Å²) in [6, 6.07) is 9.71. The molecule has 1 aromatic carbocycles. The highest BCUT2D eigenvalue weighted by Crippen LogP contribution is 2.25. The SMILES string of the molecule is CCN(Cc1ccccn1)S(=O)(=O)c1ccc(N)c(Cl)c1. The highest BCUT2D eigenvalue weighted by molar-refractivity contribution is 7.89. The lowest BCUT2D eigenvalue weighted by atomic mass is 10.3. The largest absolute Gasteiger partial charge is 0.398 e. The van der Waals surface area contributed by atoms with Gasteiger partial charge in [0.1, 0.15) is 0 Å². The van der Waals surface area contributed by atoms with Crippen LogP contribution in [0.5, 0.6) is 0 Å². The van der Waals surface area contributed by atoms with Gasteiger partial charge in [-0.15, -0.1) is 0 Å². The molecule has 0 aliphatic heterocycles. The molecule has 0 atom stereocenters. The summed E-state index contributed by atoms with van der Waals surface area (Å²) in [6.07, 6.45) is 1.63. The molecule has 0 amide bonds. The van der Waals surface area contributed by atoms with Gasteiger partial charge in [0.05, 0.1) is 27.8 Å². The molecule has 5 nitrogen and oxygen atoms in total. The van der Waals surface area contributed by atoms with Gasteiger partial charge in [0.2, 0.25) is 10.0 Å². The van der Waals surface area contributed by atoms with Crippen LogP contribution in [0.25, 0.3) is 0 Å². The number of nitrogens with two attached hydrogens (primary N) is 1. The van der Waals surface area contributed by atoms with Crippen molar-refractivity contribution in [1.29, 1.82) is 0 Å². The molecule has 0 bridgehead atoms. The summed E-state index contributed by atoms with van der Waals surface area (Å²) in [4.78, 5) is 4.28. The first-order valence-electron chi connectivity index (χ1n) is 6.40. The highest BCUT2D eigenvalue weighted by atomic mass is 35.5. The molecule has 0 fully saturated rings. The van der Waals surface area contributed by atoms with Gasteiger partial charge < -0.3 is 5.73 Å². The van der Waals surface area contributed by atoms with Crippen molar-refractivity contribution in [1.82, 2.24) is 9.29 Å². The smallest absolute Gasteiger partial charge is 0.243 e. The molecule has 0 aliphatic carbocycles. The normalized spacial score (nSPS) is 11.8.